The van der Waals surface area contributed by atoms with Crippen LogP contribution in [0.25, 0.3) is 11.5 Å². The van der Waals surface area contributed by atoms with Crippen LogP contribution in [0.15, 0.2) is 102 Å². The highest BCUT2D eigenvalue weighted by atomic mass is 32.2. The normalized spacial score (nSPS) is 14.5. The number of thioether (sulfide) groups is 1. The zero-order valence-electron chi connectivity index (χ0n) is 21.0. The molecule has 0 radical (unpaired) electrons. The highest BCUT2D eigenvalue weighted by molar-refractivity contribution is 7.98. The third-order valence-corrected chi connectivity index (χ3v) is 7.58. The van der Waals surface area contributed by atoms with Crippen molar-refractivity contribution in [1.82, 2.24) is 19.2 Å². The molecule has 5 aromatic rings. The number of para-hydroxylation sites is 1. The van der Waals surface area contributed by atoms with E-state index in [0.717, 1.165) is 44.6 Å². The summed E-state index contributed by atoms with van der Waals surface area (Å²) in [5, 5.41) is 7.98. The SMILES string of the molecule is CSc1cccc(NC(=O)N2Cc3c(C)nn(-c4ccccc4)c3-n3cccc3[C@@H]2c2ccc(F)cc2)c1. The number of anilines is 1. The molecule has 0 saturated carbocycles. The van der Waals surface area contributed by atoms with E-state index in [-0.39, 0.29) is 11.8 Å². The molecule has 2 aromatic heterocycles. The summed E-state index contributed by atoms with van der Waals surface area (Å²) in [5.74, 6) is 0.571. The van der Waals surface area contributed by atoms with Crippen LogP contribution < -0.4 is 5.32 Å². The molecule has 0 bridgehead atoms. The van der Waals surface area contributed by atoms with Crippen molar-refractivity contribution < 1.29 is 9.18 Å². The monoisotopic (exact) mass is 523 g/mol. The molecule has 6 rings (SSSR count). The average molecular weight is 524 g/mol. The molecule has 0 fully saturated rings. The van der Waals surface area contributed by atoms with Crippen LogP contribution >= 0.6 is 11.8 Å². The number of hydrogen-bond acceptors (Lipinski definition) is 3. The summed E-state index contributed by atoms with van der Waals surface area (Å²) in [6, 6.07) is 27.4. The molecule has 3 aromatic carbocycles. The van der Waals surface area contributed by atoms with E-state index in [0.29, 0.717) is 6.54 Å². The van der Waals surface area contributed by atoms with Gasteiger partial charge < -0.3 is 14.8 Å². The lowest BCUT2D eigenvalue weighted by Gasteiger charge is -2.31. The van der Waals surface area contributed by atoms with Crippen molar-refractivity contribution in [2.45, 2.75) is 24.4 Å². The predicted octanol–water partition coefficient (Wildman–Crippen LogP) is 6.97. The maximum absolute atomic E-state index is 14.0. The van der Waals surface area contributed by atoms with Gasteiger partial charge in [0.05, 0.1) is 29.7 Å². The third kappa shape index (κ3) is 4.26. The Labute approximate surface area is 224 Å². The number of halogens is 1. The summed E-state index contributed by atoms with van der Waals surface area (Å²) in [4.78, 5) is 16.9. The van der Waals surface area contributed by atoms with Crippen LogP contribution in [0.2, 0.25) is 0 Å². The molecule has 6 nitrogen and oxygen atoms in total. The quantitative estimate of drug-likeness (QED) is 0.259. The van der Waals surface area contributed by atoms with E-state index in [1.807, 2.05) is 90.8 Å². The van der Waals surface area contributed by atoms with E-state index in [4.69, 9.17) is 5.10 Å². The molecule has 0 spiro atoms. The molecule has 1 aliphatic rings. The van der Waals surface area contributed by atoms with Gasteiger partial charge in [-0.1, -0.05) is 36.4 Å². The van der Waals surface area contributed by atoms with Crippen LogP contribution in [0, 0.1) is 12.7 Å². The first-order valence-electron chi connectivity index (χ1n) is 12.3. The number of aryl methyl sites for hydroxylation is 1. The van der Waals surface area contributed by atoms with Crippen molar-refractivity contribution in [3.8, 4) is 11.5 Å². The number of benzene rings is 3. The van der Waals surface area contributed by atoms with Crippen LogP contribution in [0.5, 0.6) is 0 Å². The first kappa shape index (κ1) is 24.1. The van der Waals surface area contributed by atoms with E-state index in [9.17, 15) is 9.18 Å². The van der Waals surface area contributed by atoms with Gasteiger partial charge in [-0.25, -0.2) is 13.9 Å². The summed E-state index contributed by atoms with van der Waals surface area (Å²) < 4.78 is 18.0. The number of fused-ring (bicyclic) bond motifs is 3. The standard InChI is InChI=1S/C30H26FN5OS/c1-20-26-19-35(30(37)32-23-8-6-11-25(18-23)38-2)28(21-13-15-22(31)16-14-21)27-12-7-17-34(27)29(26)36(33-20)24-9-4-3-5-10-24/h3-18,28H,19H2,1-2H3,(H,32,37)/t28-/m0/s1. The van der Waals surface area contributed by atoms with Crippen molar-refractivity contribution in [3.63, 3.8) is 0 Å². The number of nitrogens with zero attached hydrogens (tertiary/aromatic N) is 4. The van der Waals surface area contributed by atoms with Crippen molar-refractivity contribution in [2.24, 2.45) is 0 Å². The number of urea groups is 1. The largest absolute Gasteiger partial charge is 0.322 e. The predicted molar refractivity (Wildman–Crippen MR) is 149 cm³/mol. The molecule has 1 atom stereocenters. The molecule has 8 heteroatoms. The Morgan fingerprint density at radius 2 is 1.79 bits per heavy atom. The fourth-order valence-corrected chi connectivity index (χ4v) is 5.50. The van der Waals surface area contributed by atoms with Crippen LogP contribution in [0.1, 0.15) is 28.6 Å². The molecule has 0 aliphatic carbocycles. The number of carbonyl (C=O) groups is 1. The van der Waals surface area contributed by atoms with Gasteiger partial charge in [0.25, 0.3) is 0 Å². The second-order valence-corrected chi connectivity index (χ2v) is 10.1. The Morgan fingerprint density at radius 3 is 2.55 bits per heavy atom. The van der Waals surface area contributed by atoms with Gasteiger partial charge in [-0.3, -0.25) is 0 Å². The summed E-state index contributed by atoms with van der Waals surface area (Å²) in [7, 11) is 0. The minimum Gasteiger partial charge on any atom is -0.308 e. The number of carbonyl (C=O) groups excluding carboxylic acids is 1. The number of rotatable bonds is 4. The zero-order chi connectivity index (χ0) is 26.2. The fraction of sp³-hybridized carbons (Fsp3) is 0.133. The molecule has 38 heavy (non-hydrogen) atoms. The maximum atomic E-state index is 14.0. The number of nitrogens with one attached hydrogen (secondary N) is 1. The Morgan fingerprint density at radius 1 is 1.00 bits per heavy atom. The van der Waals surface area contributed by atoms with Gasteiger partial charge in [-0.2, -0.15) is 5.10 Å². The third-order valence-electron chi connectivity index (χ3n) is 6.85. The summed E-state index contributed by atoms with van der Waals surface area (Å²) in [6.07, 6.45) is 4.00. The lowest BCUT2D eigenvalue weighted by molar-refractivity contribution is 0.194. The van der Waals surface area contributed by atoms with E-state index >= 15 is 0 Å². The lowest BCUT2D eigenvalue weighted by Crippen LogP contribution is -2.38. The van der Waals surface area contributed by atoms with Gasteiger partial charge in [0.15, 0.2) is 0 Å². The number of amides is 2. The fourth-order valence-electron chi connectivity index (χ4n) is 5.04. The molecule has 2 amide bonds. The van der Waals surface area contributed by atoms with Crippen molar-refractivity contribution in [1.29, 1.82) is 0 Å². The van der Waals surface area contributed by atoms with E-state index in [1.165, 1.54) is 12.1 Å². The molecular weight excluding hydrogens is 497 g/mol. The number of aromatic nitrogens is 3. The summed E-state index contributed by atoms with van der Waals surface area (Å²) in [5.41, 5.74) is 5.15. The molecule has 1 aliphatic heterocycles. The minimum absolute atomic E-state index is 0.245. The highest BCUT2D eigenvalue weighted by Crippen LogP contribution is 2.38. The first-order valence-corrected chi connectivity index (χ1v) is 13.5. The van der Waals surface area contributed by atoms with Crippen LogP contribution in [-0.2, 0) is 6.54 Å². The lowest BCUT2D eigenvalue weighted by atomic mass is 10.0. The smallest absolute Gasteiger partial charge is 0.308 e. The van der Waals surface area contributed by atoms with Gasteiger partial charge in [-0.15, -0.1) is 11.8 Å². The first-order chi connectivity index (χ1) is 18.5. The molecule has 0 saturated heterocycles. The Hall–Kier alpha value is -4.30. The Balaban J connectivity index is 1.52. The van der Waals surface area contributed by atoms with Gasteiger partial charge in [-0.05, 0) is 73.3 Å². The minimum atomic E-state index is -0.453. The molecule has 190 valence electrons. The van der Waals surface area contributed by atoms with Crippen LogP contribution in [-0.4, -0.2) is 31.5 Å². The zero-order valence-corrected chi connectivity index (χ0v) is 21.8. The van der Waals surface area contributed by atoms with Gasteiger partial charge in [0.1, 0.15) is 11.6 Å². The molecule has 0 unspecified atom stereocenters. The Kier molecular flexibility index (Phi) is 6.25. The summed E-state index contributed by atoms with van der Waals surface area (Å²) in [6.45, 7) is 2.30. The second kappa shape index (κ2) is 9.87. The van der Waals surface area contributed by atoms with Crippen LogP contribution in [0.4, 0.5) is 14.9 Å². The van der Waals surface area contributed by atoms with E-state index in [2.05, 4.69) is 9.88 Å². The Bertz CT molecular complexity index is 1610. The average Bonchev–Trinajstić information content (AvgIpc) is 3.50. The van der Waals surface area contributed by atoms with Gasteiger partial charge >= 0.3 is 6.03 Å². The number of hydrogen-bond donors (Lipinski definition) is 1. The topological polar surface area (TPSA) is 55.1 Å². The van der Waals surface area contributed by atoms with Gasteiger partial charge in [0, 0.05) is 22.3 Å². The molecule has 3 heterocycles. The van der Waals surface area contributed by atoms with Crippen LogP contribution in [0.3, 0.4) is 0 Å². The van der Waals surface area contributed by atoms with E-state index < -0.39 is 6.04 Å². The second-order valence-electron chi connectivity index (χ2n) is 9.18. The van der Waals surface area contributed by atoms with Crippen molar-refractivity contribution >= 4 is 23.5 Å². The van der Waals surface area contributed by atoms with E-state index in [1.54, 1.807) is 28.8 Å². The highest BCUT2D eigenvalue weighted by Gasteiger charge is 2.36. The molecule has 1 N–H and O–H groups in total. The van der Waals surface area contributed by atoms with Gasteiger partial charge in [0.2, 0.25) is 0 Å². The van der Waals surface area contributed by atoms with Crippen molar-refractivity contribution in [3.05, 3.63) is 126 Å². The summed E-state index contributed by atoms with van der Waals surface area (Å²) >= 11 is 1.62. The van der Waals surface area contributed by atoms with Crippen molar-refractivity contribution in [2.75, 3.05) is 11.6 Å². The molecular formula is C30H26FN5OS. The maximum Gasteiger partial charge on any atom is 0.322 e.